The van der Waals surface area contributed by atoms with E-state index in [2.05, 4.69) is 0 Å². The molecule has 114 valence electrons. The lowest BCUT2D eigenvalue weighted by atomic mass is 9.99. The van der Waals surface area contributed by atoms with Crippen LogP contribution >= 0.6 is 0 Å². The quantitative estimate of drug-likeness (QED) is 0.905. The van der Waals surface area contributed by atoms with Crippen molar-refractivity contribution in [3.05, 3.63) is 35.6 Å². The summed E-state index contributed by atoms with van der Waals surface area (Å²) in [4.78, 5) is 14.2. The van der Waals surface area contributed by atoms with Crippen molar-refractivity contribution in [3.63, 3.8) is 0 Å². The molecule has 0 radical (unpaired) electrons. The normalized spacial score (nSPS) is 25.3. The van der Waals surface area contributed by atoms with Crippen LogP contribution < -0.4 is 5.73 Å². The number of likely N-dealkylation sites (tertiary alicyclic amines) is 1. The van der Waals surface area contributed by atoms with Crippen LogP contribution in [-0.4, -0.2) is 29.9 Å². The molecule has 1 aromatic carbocycles. The highest BCUT2D eigenvalue weighted by Gasteiger charge is 2.41. The van der Waals surface area contributed by atoms with E-state index in [1.807, 2.05) is 4.90 Å². The topological polar surface area (TPSA) is 46.3 Å². The fraction of sp³-hybridized carbons (Fsp3) is 0.588. The molecule has 1 heterocycles. The second kappa shape index (κ2) is 6.14. The average molecular weight is 290 g/mol. The van der Waals surface area contributed by atoms with Crippen molar-refractivity contribution in [1.29, 1.82) is 0 Å². The summed E-state index contributed by atoms with van der Waals surface area (Å²) in [5.74, 6) is 1.28. The van der Waals surface area contributed by atoms with E-state index in [0.29, 0.717) is 12.3 Å². The van der Waals surface area contributed by atoms with Gasteiger partial charge < -0.3 is 10.6 Å². The SMILES string of the molecule is N[C@@H]1CN(C(=O)CCCc2ccc(F)cc2)C[C@H]1C1CC1. The monoisotopic (exact) mass is 290 g/mol. The van der Waals surface area contributed by atoms with Crippen molar-refractivity contribution in [2.75, 3.05) is 13.1 Å². The van der Waals surface area contributed by atoms with Crippen molar-refractivity contribution in [2.45, 2.75) is 38.1 Å². The summed E-state index contributed by atoms with van der Waals surface area (Å²) in [6, 6.07) is 6.68. The molecule has 3 nitrogen and oxygen atoms in total. The summed E-state index contributed by atoms with van der Waals surface area (Å²) in [5.41, 5.74) is 7.23. The van der Waals surface area contributed by atoms with Gasteiger partial charge in [0.2, 0.25) is 5.91 Å². The molecular weight excluding hydrogens is 267 g/mol. The number of nitrogens with two attached hydrogens (primary N) is 1. The fourth-order valence-corrected chi connectivity index (χ4v) is 3.33. The summed E-state index contributed by atoms with van der Waals surface area (Å²) >= 11 is 0. The van der Waals surface area contributed by atoms with Crippen LogP contribution in [0.4, 0.5) is 4.39 Å². The molecule has 21 heavy (non-hydrogen) atoms. The Hall–Kier alpha value is -1.42. The van der Waals surface area contributed by atoms with Gasteiger partial charge in [-0.05, 0) is 55.2 Å². The molecule has 2 atom stereocenters. The standard InChI is InChI=1S/C17H23FN2O/c18-14-8-4-12(5-9-14)2-1-3-17(21)20-10-15(13-6-7-13)16(19)11-20/h4-5,8-9,13,15-16H,1-3,6-7,10-11,19H2/t15-,16+/m0/s1. The minimum atomic E-state index is -0.216. The van der Waals surface area contributed by atoms with E-state index in [0.717, 1.165) is 37.4 Å². The molecular formula is C17H23FN2O. The maximum absolute atomic E-state index is 12.8. The zero-order valence-corrected chi connectivity index (χ0v) is 12.3. The van der Waals surface area contributed by atoms with Gasteiger partial charge in [0.15, 0.2) is 0 Å². The number of carbonyl (C=O) groups is 1. The zero-order chi connectivity index (χ0) is 14.8. The van der Waals surface area contributed by atoms with Crippen molar-refractivity contribution in [2.24, 2.45) is 17.6 Å². The number of aryl methyl sites for hydroxylation is 1. The average Bonchev–Trinajstić information content (AvgIpc) is 3.23. The van der Waals surface area contributed by atoms with Gasteiger partial charge in [0, 0.05) is 25.6 Å². The number of hydrogen-bond acceptors (Lipinski definition) is 2. The van der Waals surface area contributed by atoms with Gasteiger partial charge in [-0.15, -0.1) is 0 Å². The molecule has 2 fully saturated rings. The molecule has 4 heteroatoms. The van der Waals surface area contributed by atoms with Gasteiger partial charge in [-0.2, -0.15) is 0 Å². The number of carbonyl (C=O) groups excluding carboxylic acids is 1. The maximum atomic E-state index is 12.8. The molecule has 1 saturated carbocycles. The van der Waals surface area contributed by atoms with E-state index in [-0.39, 0.29) is 17.8 Å². The number of halogens is 1. The van der Waals surface area contributed by atoms with Gasteiger partial charge in [-0.1, -0.05) is 12.1 Å². The Morgan fingerprint density at radius 3 is 2.62 bits per heavy atom. The van der Waals surface area contributed by atoms with Gasteiger partial charge in [0.1, 0.15) is 5.82 Å². The number of benzene rings is 1. The molecule has 0 unspecified atom stereocenters. The van der Waals surface area contributed by atoms with Crippen LogP contribution in [-0.2, 0) is 11.2 Å². The van der Waals surface area contributed by atoms with Gasteiger partial charge in [0.25, 0.3) is 0 Å². The Morgan fingerprint density at radius 1 is 1.24 bits per heavy atom. The first-order valence-corrected chi connectivity index (χ1v) is 7.91. The molecule has 0 bridgehead atoms. The largest absolute Gasteiger partial charge is 0.341 e. The minimum Gasteiger partial charge on any atom is -0.341 e. The van der Waals surface area contributed by atoms with E-state index >= 15 is 0 Å². The van der Waals surface area contributed by atoms with E-state index < -0.39 is 0 Å². The first kappa shape index (κ1) is 14.5. The lowest BCUT2D eigenvalue weighted by Gasteiger charge is -2.16. The minimum absolute atomic E-state index is 0.165. The van der Waals surface area contributed by atoms with Crippen LogP contribution in [0.3, 0.4) is 0 Å². The first-order valence-electron chi connectivity index (χ1n) is 7.91. The Morgan fingerprint density at radius 2 is 1.95 bits per heavy atom. The van der Waals surface area contributed by atoms with Crippen molar-refractivity contribution < 1.29 is 9.18 Å². The Kier molecular flexibility index (Phi) is 4.24. The summed E-state index contributed by atoms with van der Waals surface area (Å²) in [6.45, 7) is 1.57. The lowest BCUT2D eigenvalue weighted by Crippen LogP contribution is -2.32. The van der Waals surface area contributed by atoms with Gasteiger partial charge in [0.05, 0.1) is 0 Å². The van der Waals surface area contributed by atoms with E-state index in [4.69, 9.17) is 5.73 Å². The lowest BCUT2D eigenvalue weighted by molar-refractivity contribution is -0.130. The molecule has 3 rings (SSSR count). The number of amides is 1. The highest BCUT2D eigenvalue weighted by Crippen LogP contribution is 2.40. The van der Waals surface area contributed by atoms with E-state index in [1.165, 1.54) is 25.0 Å². The fourth-order valence-electron chi connectivity index (χ4n) is 3.33. The van der Waals surface area contributed by atoms with E-state index in [1.54, 1.807) is 12.1 Å². The van der Waals surface area contributed by atoms with Crippen LogP contribution in [0.15, 0.2) is 24.3 Å². The second-order valence-electron chi connectivity index (χ2n) is 6.44. The predicted octanol–water partition coefficient (Wildman–Crippen LogP) is 2.34. The van der Waals surface area contributed by atoms with Crippen LogP contribution in [0, 0.1) is 17.7 Å². The molecule has 1 aliphatic heterocycles. The van der Waals surface area contributed by atoms with Crippen LogP contribution in [0.1, 0.15) is 31.2 Å². The zero-order valence-electron chi connectivity index (χ0n) is 12.3. The summed E-state index contributed by atoms with van der Waals surface area (Å²) in [7, 11) is 0. The molecule has 0 aromatic heterocycles. The maximum Gasteiger partial charge on any atom is 0.222 e. The second-order valence-corrected chi connectivity index (χ2v) is 6.44. The smallest absolute Gasteiger partial charge is 0.222 e. The molecule has 1 saturated heterocycles. The van der Waals surface area contributed by atoms with Crippen LogP contribution in [0.25, 0.3) is 0 Å². The van der Waals surface area contributed by atoms with Crippen molar-refractivity contribution >= 4 is 5.91 Å². The Labute approximate surface area is 125 Å². The van der Waals surface area contributed by atoms with Gasteiger partial charge in [-0.3, -0.25) is 4.79 Å². The summed E-state index contributed by atoms with van der Waals surface area (Å²) in [5, 5.41) is 0. The third-order valence-corrected chi connectivity index (χ3v) is 4.76. The molecule has 1 aliphatic carbocycles. The molecule has 1 aromatic rings. The number of rotatable bonds is 5. The summed E-state index contributed by atoms with van der Waals surface area (Å²) < 4.78 is 12.8. The predicted molar refractivity (Wildman–Crippen MR) is 80.1 cm³/mol. The van der Waals surface area contributed by atoms with Gasteiger partial charge >= 0.3 is 0 Å². The molecule has 1 amide bonds. The molecule has 2 N–H and O–H groups in total. The highest BCUT2D eigenvalue weighted by atomic mass is 19.1. The Bertz CT molecular complexity index is 498. The van der Waals surface area contributed by atoms with Crippen LogP contribution in [0.5, 0.6) is 0 Å². The number of hydrogen-bond donors (Lipinski definition) is 1. The van der Waals surface area contributed by atoms with Gasteiger partial charge in [-0.25, -0.2) is 4.39 Å². The molecule has 2 aliphatic rings. The van der Waals surface area contributed by atoms with Crippen molar-refractivity contribution in [3.8, 4) is 0 Å². The number of nitrogens with zero attached hydrogens (tertiary/aromatic N) is 1. The highest BCUT2D eigenvalue weighted by molar-refractivity contribution is 5.76. The summed E-state index contributed by atoms with van der Waals surface area (Å²) in [6.07, 6.45) is 4.75. The third-order valence-electron chi connectivity index (χ3n) is 4.76. The first-order chi connectivity index (χ1) is 10.1. The van der Waals surface area contributed by atoms with Crippen LogP contribution in [0.2, 0.25) is 0 Å². The van der Waals surface area contributed by atoms with Crippen molar-refractivity contribution in [1.82, 2.24) is 4.90 Å². The van der Waals surface area contributed by atoms with E-state index in [9.17, 15) is 9.18 Å². The molecule has 0 spiro atoms. The Balaban J connectivity index is 1.43. The third kappa shape index (κ3) is 3.62.